The number of rotatable bonds is 0. The molecule has 2 aromatic heterocycles. The lowest BCUT2D eigenvalue weighted by Gasteiger charge is -1.91. The molecule has 0 atom stereocenters. The maximum absolute atomic E-state index is 5.92. The van der Waals surface area contributed by atoms with Crippen LogP contribution in [0.5, 0.6) is 0 Å². The van der Waals surface area contributed by atoms with E-state index in [0.29, 0.717) is 5.15 Å². The van der Waals surface area contributed by atoms with Gasteiger partial charge in [-0.25, -0.2) is 4.57 Å². The fourth-order valence-corrected chi connectivity index (χ4v) is 1.66. The van der Waals surface area contributed by atoms with Crippen LogP contribution in [0.25, 0.3) is 11.2 Å². The summed E-state index contributed by atoms with van der Waals surface area (Å²) in [6.07, 6.45) is 1.87. The van der Waals surface area contributed by atoms with Gasteiger partial charge in [-0.3, -0.25) is 4.57 Å². The number of hydrogen-bond donors (Lipinski definition) is 1. The van der Waals surface area contributed by atoms with Crippen LogP contribution in [0.1, 0.15) is 0 Å². The van der Waals surface area contributed by atoms with Gasteiger partial charge in [-0.2, -0.15) is 4.98 Å². The van der Waals surface area contributed by atoms with Crippen LogP contribution in [0, 0.1) is 0 Å². The Balaban J connectivity index is 2.97. The molecule has 68 valence electrons. The van der Waals surface area contributed by atoms with Crippen LogP contribution in [0.3, 0.4) is 0 Å². The van der Waals surface area contributed by atoms with E-state index in [0.717, 1.165) is 11.2 Å². The summed E-state index contributed by atoms with van der Waals surface area (Å²) in [5.74, 6) is 0.194. The minimum atomic E-state index is 0.194. The Morgan fingerprint density at radius 2 is 2.23 bits per heavy atom. The highest BCUT2D eigenvalue weighted by Crippen LogP contribution is 2.17. The van der Waals surface area contributed by atoms with Crippen molar-refractivity contribution in [2.45, 2.75) is 0 Å². The standard InChI is InChI=1S/C7H9ClN5/c1-12-3-13(2)6-4(12)5(8)10-7(9)11-6/h3H,1-2H3,(H2,9,10,11)/q+1. The van der Waals surface area contributed by atoms with Crippen molar-refractivity contribution in [1.29, 1.82) is 0 Å². The van der Waals surface area contributed by atoms with Gasteiger partial charge < -0.3 is 5.73 Å². The molecule has 2 N–H and O–H groups in total. The van der Waals surface area contributed by atoms with E-state index in [1.165, 1.54) is 0 Å². The summed E-state index contributed by atoms with van der Waals surface area (Å²) >= 11 is 5.92. The molecule has 0 aromatic carbocycles. The fraction of sp³-hybridized carbons (Fsp3) is 0.286. The number of nitrogens with two attached hydrogens (primary N) is 1. The first-order chi connectivity index (χ1) is 6.09. The van der Waals surface area contributed by atoms with E-state index in [2.05, 4.69) is 9.97 Å². The largest absolute Gasteiger partial charge is 0.354 e. The quantitative estimate of drug-likeness (QED) is 0.480. The molecular weight excluding hydrogens is 190 g/mol. The lowest BCUT2D eigenvalue weighted by atomic mass is 10.5. The van der Waals surface area contributed by atoms with Crippen molar-refractivity contribution >= 4 is 28.7 Å². The predicted octanol–water partition coefficient (Wildman–Crippen LogP) is 0.0284. The van der Waals surface area contributed by atoms with E-state index in [9.17, 15) is 0 Å². The molecule has 5 nitrogen and oxygen atoms in total. The van der Waals surface area contributed by atoms with E-state index >= 15 is 0 Å². The third-order valence-electron chi connectivity index (χ3n) is 1.87. The zero-order valence-electron chi connectivity index (χ0n) is 7.32. The van der Waals surface area contributed by atoms with E-state index in [4.69, 9.17) is 17.3 Å². The maximum Gasteiger partial charge on any atom is 0.308 e. The van der Waals surface area contributed by atoms with Crippen molar-refractivity contribution in [1.82, 2.24) is 14.5 Å². The highest BCUT2D eigenvalue weighted by molar-refractivity contribution is 6.33. The van der Waals surface area contributed by atoms with E-state index in [1.54, 1.807) is 0 Å². The van der Waals surface area contributed by atoms with Crippen molar-refractivity contribution in [3.8, 4) is 0 Å². The number of imidazole rings is 1. The molecular formula is C7H9ClN5+. The smallest absolute Gasteiger partial charge is 0.308 e. The lowest BCUT2D eigenvalue weighted by Crippen LogP contribution is -2.26. The van der Waals surface area contributed by atoms with Crippen molar-refractivity contribution in [3.05, 3.63) is 11.5 Å². The van der Waals surface area contributed by atoms with Crippen LogP contribution in [-0.2, 0) is 14.1 Å². The molecule has 0 unspecified atom stereocenters. The van der Waals surface area contributed by atoms with Crippen LogP contribution in [0.2, 0.25) is 5.15 Å². The molecule has 6 heteroatoms. The summed E-state index contributed by atoms with van der Waals surface area (Å²) in [5, 5.41) is 0.380. The van der Waals surface area contributed by atoms with Crippen LogP contribution < -0.4 is 10.3 Å². The van der Waals surface area contributed by atoms with Gasteiger partial charge in [0.1, 0.15) is 0 Å². The number of anilines is 1. The van der Waals surface area contributed by atoms with Gasteiger partial charge in [-0.1, -0.05) is 16.6 Å². The highest BCUT2D eigenvalue weighted by atomic mass is 35.5. The minimum absolute atomic E-state index is 0.194. The number of nitrogen functional groups attached to an aromatic ring is 1. The molecule has 13 heavy (non-hydrogen) atoms. The number of aromatic nitrogens is 4. The number of nitrogens with zero attached hydrogens (tertiary/aromatic N) is 4. The van der Waals surface area contributed by atoms with Gasteiger partial charge in [-0.05, 0) is 0 Å². The Labute approximate surface area is 79.8 Å². The zero-order valence-corrected chi connectivity index (χ0v) is 8.08. The maximum atomic E-state index is 5.92. The monoisotopic (exact) mass is 198 g/mol. The van der Waals surface area contributed by atoms with Crippen LogP contribution in [-0.4, -0.2) is 14.5 Å². The molecule has 0 saturated heterocycles. The Hall–Kier alpha value is -1.36. The van der Waals surface area contributed by atoms with E-state index < -0.39 is 0 Å². The highest BCUT2D eigenvalue weighted by Gasteiger charge is 2.17. The Bertz CT molecular complexity index is 475. The van der Waals surface area contributed by atoms with Crippen molar-refractivity contribution in [3.63, 3.8) is 0 Å². The molecule has 2 rings (SSSR count). The number of aryl methyl sites for hydroxylation is 2. The van der Waals surface area contributed by atoms with Gasteiger partial charge in [-0.15, -0.1) is 0 Å². The van der Waals surface area contributed by atoms with Crippen molar-refractivity contribution < 1.29 is 4.57 Å². The normalized spacial score (nSPS) is 11.0. The van der Waals surface area contributed by atoms with Gasteiger partial charge in [0.2, 0.25) is 5.52 Å². The van der Waals surface area contributed by atoms with E-state index in [-0.39, 0.29) is 5.95 Å². The summed E-state index contributed by atoms with van der Waals surface area (Å²) < 4.78 is 3.70. The second-order valence-electron chi connectivity index (χ2n) is 2.88. The zero-order chi connectivity index (χ0) is 9.59. The third kappa shape index (κ3) is 1.12. The Kier molecular flexibility index (Phi) is 1.63. The molecule has 0 fully saturated rings. The molecule has 0 radical (unpaired) electrons. The van der Waals surface area contributed by atoms with Crippen LogP contribution in [0.15, 0.2) is 6.33 Å². The second kappa shape index (κ2) is 2.56. The second-order valence-corrected chi connectivity index (χ2v) is 3.24. The third-order valence-corrected chi connectivity index (χ3v) is 2.14. The Morgan fingerprint density at radius 3 is 2.92 bits per heavy atom. The molecule has 0 saturated carbocycles. The number of hydrogen-bond acceptors (Lipinski definition) is 3. The van der Waals surface area contributed by atoms with E-state index in [1.807, 2.05) is 29.6 Å². The summed E-state index contributed by atoms with van der Waals surface area (Å²) in [7, 11) is 3.76. The van der Waals surface area contributed by atoms with Gasteiger partial charge in [0.25, 0.3) is 5.95 Å². The topological polar surface area (TPSA) is 60.6 Å². The summed E-state index contributed by atoms with van der Waals surface area (Å²) in [4.78, 5) is 7.96. The van der Waals surface area contributed by atoms with Crippen LogP contribution >= 0.6 is 11.6 Å². The van der Waals surface area contributed by atoms with Gasteiger partial charge in [0.15, 0.2) is 11.5 Å². The first-order valence-corrected chi connectivity index (χ1v) is 4.11. The van der Waals surface area contributed by atoms with Crippen molar-refractivity contribution in [2.75, 3.05) is 5.73 Å². The number of halogens is 1. The predicted molar refractivity (Wildman–Crippen MR) is 49.1 cm³/mol. The molecule has 0 aliphatic carbocycles. The first kappa shape index (κ1) is 8.25. The Morgan fingerprint density at radius 1 is 1.54 bits per heavy atom. The van der Waals surface area contributed by atoms with Crippen molar-refractivity contribution in [2.24, 2.45) is 14.1 Å². The molecule has 0 bridgehead atoms. The molecule has 0 amide bonds. The average molecular weight is 199 g/mol. The van der Waals surface area contributed by atoms with Gasteiger partial charge in [0.05, 0.1) is 14.1 Å². The van der Waals surface area contributed by atoms with Gasteiger partial charge >= 0.3 is 5.65 Å². The number of fused-ring (bicyclic) bond motifs is 1. The molecule has 0 spiro atoms. The first-order valence-electron chi connectivity index (χ1n) is 3.73. The fourth-order valence-electron chi connectivity index (χ4n) is 1.35. The minimum Gasteiger partial charge on any atom is -0.354 e. The molecule has 0 aliphatic rings. The summed E-state index contributed by atoms with van der Waals surface area (Å²) in [6, 6.07) is 0. The average Bonchev–Trinajstić information content (AvgIpc) is 2.27. The molecule has 0 aliphatic heterocycles. The summed E-state index contributed by atoms with van der Waals surface area (Å²) in [6.45, 7) is 0. The summed E-state index contributed by atoms with van der Waals surface area (Å²) in [5.41, 5.74) is 7.00. The van der Waals surface area contributed by atoms with Gasteiger partial charge in [0, 0.05) is 0 Å². The molecule has 2 heterocycles. The SMILES string of the molecule is Cn1c[n+](C)c2nc(N)nc(Cl)c21. The van der Waals surface area contributed by atoms with Crippen LogP contribution in [0.4, 0.5) is 5.95 Å². The molecule has 2 aromatic rings. The lowest BCUT2D eigenvalue weighted by molar-refractivity contribution is -0.647.